The number of carbonyl (C=O) groups excluding carboxylic acids is 1. The Morgan fingerprint density at radius 2 is 2.00 bits per heavy atom. The summed E-state index contributed by atoms with van der Waals surface area (Å²) in [4.78, 5) is 15.2. The van der Waals surface area contributed by atoms with Crippen LogP contribution < -0.4 is 21.9 Å². The number of benzene rings is 1. The minimum absolute atomic E-state index is 0.109. The number of hydrogen-bond donors (Lipinski definition) is 3. The van der Waals surface area contributed by atoms with E-state index in [2.05, 4.69) is 4.99 Å². The Morgan fingerprint density at radius 3 is 2.62 bits per heavy atom. The highest BCUT2D eigenvalue weighted by Crippen LogP contribution is 2.34. The van der Waals surface area contributed by atoms with Crippen molar-refractivity contribution in [3.05, 3.63) is 35.6 Å². The molecule has 110 valence electrons. The maximum atomic E-state index is 11.8. The van der Waals surface area contributed by atoms with Crippen LogP contribution in [0.4, 0.5) is 5.69 Å². The number of amides is 1. The molecule has 21 heavy (non-hydrogen) atoms. The summed E-state index contributed by atoms with van der Waals surface area (Å²) in [7, 11) is 1.55. The standard InChI is InChI=1S/C14H16N4O3/c1-7-3-4-10(20-2)8(5-7)11-6-9(15)12(21-11)13(19)18-14(16)17/h3-6H,15H2,1-2H3,(H4,16,17,18,19). The van der Waals surface area contributed by atoms with E-state index in [-0.39, 0.29) is 17.4 Å². The van der Waals surface area contributed by atoms with E-state index < -0.39 is 5.91 Å². The van der Waals surface area contributed by atoms with Gasteiger partial charge in [0.1, 0.15) is 11.5 Å². The van der Waals surface area contributed by atoms with Crippen LogP contribution in [0, 0.1) is 6.92 Å². The fourth-order valence-electron chi connectivity index (χ4n) is 1.89. The first-order valence-corrected chi connectivity index (χ1v) is 6.10. The van der Waals surface area contributed by atoms with Gasteiger partial charge >= 0.3 is 5.91 Å². The van der Waals surface area contributed by atoms with Crippen LogP contribution in [0.3, 0.4) is 0 Å². The van der Waals surface area contributed by atoms with Crippen LogP contribution in [0.15, 0.2) is 33.7 Å². The molecule has 0 atom stereocenters. The first-order chi connectivity index (χ1) is 9.92. The number of rotatable bonds is 3. The van der Waals surface area contributed by atoms with Gasteiger partial charge in [0, 0.05) is 6.07 Å². The fraction of sp³-hybridized carbons (Fsp3) is 0.143. The normalized spacial score (nSPS) is 10.2. The highest BCUT2D eigenvalue weighted by Gasteiger charge is 2.19. The zero-order chi connectivity index (χ0) is 15.6. The lowest BCUT2D eigenvalue weighted by molar-refractivity contribution is 0.0978. The third kappa shape index (κ3) is 2.97. The molecule has 0 fully saturated rings. The number of carbonyl (C=O) groups is 1. The van der Waals surface area contributed by atoms with Crippen molar-refractivity contribution < 1.29 is 13.9 Å². The summed E-state index contributed by atoms with van der Waals surface area (Å²) in [6.45, 7) is 1.93. The molecule has 0 unspecified atom stereocenters. The van der Waals surface area contributed by atoms with Crippen LogP contribution in [-0.2, 0) is 0 Å². The van der Waals surface area contributed by atoms with Crippen LogP contribution in [-0.4, -0.2) is 19.0 Å². The summed E-state index contributed by atoms with van der Waals surface area (Å²) in [6.07, 6.45) is 0. The van der Waals surface area contributed by atoms with Crippen molar-refractivity contribution in [3.8, 4) is 17.1 Å². The molecule has 7 heteroatoms. The molecule has 0 radical (unpaired) electrons. The molecule has 0 aliphatic rings. The molecular weight excluding hydrogens is 272 g/mol. The molecule has 0 aliphatic carbocycles. The summed E-state index contributed by atoms with van der Waals surface area (Å²) in [5.74, 6) is -0.185. The number of guanidine groups is 1. The molecule has 0 aliphatic heterocycles. The van der Waals surface area contributed by atoms with Crippen LogP contribution in [0.2, 0.25) is 0 Å². The predicted octanol–water partition coefficient (Wildman–Crippen LogP) is 1.26. The SMILES string of the molecule is COc1ccc(C)cc1-c1cc(N)c(C(=O)N=C(N)N)o1. The van der Waals surface area contributed by atoms with Crippen molar-refractivity contribution in [2.45, 2.75) is 6.92 Å². The first-order valence-electron chi connectivity index (χ1n) is 6.10. The van der Waals surface area contributed by atoms with Crippen molar-refractivity contribution in [1.29, 1.82) is 0 Å². The minimum atomic E-state index is -0.731. The molecule has 0 saturated carbocycles. The molecule has 0 spiro atoms. The number of nitrogens with zero attached hydrogens (tertiary/aromatic N) is 1. The van der Waals surface area contributed by atoms with Gasteiger partial charge in [0.05, 0.1) is 18.4 Å². The molecule has 1 heterocycles. The Kier molecular flexibility index (Phi) is 3.84. The van der Waals surface area contributed by atoms with Gasteiger partial charge < -0.3 is 26.4 Å². The lowest BCUT2D eigenvalue weighted by atomic mass is 10.1. The third-order valence-electron chi connectivity index (χ3n) is 2.81. The monoisotopic (exact) mass is 288 g/mol. The lowest BCUT2D eigenvalue weighted by Gasteiger charge is -2.06. The predicted molar refractivity (Wildman–Crippen MR) is 80.0 cm³/mol. The highest BCUT2D eigenvalue weighted by molar-refractivity contribution is 6.03. The van der Waals surface area contributed by atoms with Gasteiger partial charge in [0.2, 0.25) is 5.76 Å². The second kappa shape index (κ2) is 5.58. The smallest absolute Gasteiger partial charge is 0.318 e. The summed E-state index contributed by atoms with van der Waals surface area (Å²) in [5, 5.41) is 0. The number of aryl methyl sites for hydroxylation is 1. The number of hydrogen-bond acceptors (Lipinski definition) is 4. The largest absolute Gasteiger partial charge is 0.496 e. The minimum Gasteiger partial charge on any atom is -0.496 e. The zero-order valence-electron chi connectivity index (χ0n) is 11.7. The van der Waals surface area contributed by atoms with E-state index in [9.17, 15) is 4.79 Å². The molecule has 6 N–H and O–H groups in total. The van der Waals surface area contributed by atoms with Gasteiger partial charge in [0.25, 0.3) is 0 Å². The van der Waals surface area contributed by atoms with Gasteiger partial charge in [-0.25, -0.2) is 0 Å². The summed E-state index contributed by atoms with van der Waals surface area (Å²) < 4.78 is 10.8. The molecule has 2 aromatic rings. The van der Waals surface area contributed by atoms with E-state index in [1.165, 1.54) is 6.07 Å². The molecule has 0 bridgehead atoms. The summed E-state index contributed by atoms with van der Waals surface area (Å²) in [6, 6.07) is 7.11. The van der Waals surface area contributed by atoms with Gasteiger partial charge in [-0.15, -0.1) is 0 Å². The van der Waals surface area contributed by atoms with Gasteiger partial charge in [0.15, 0.2) is 5.96 Å². The number of anilines is 1. The number of nitrogens with two attached hydrogens (primary N) is 3. The Hall–Kier alpha value is -2.96. The molecule has 1 aromatic heterocycles. The molecular formula is C14H16N4O3. The maximum Gasteiger partial charge on any atom is 0.318 e. The van der Waals surface area contributed by atoms with E-state index in [0.29, 0.717) is 17.1 Å². The highest BCUT2D eigenvalue weighted by atomic mass is 16.5. The Labute approximate surface area is 121 Å². The Morgan fingerprint density at radius 1 is 1.29 bits per heavy atom. The molecule has 1 aromatic carbocycles. The van der Waals surface area contributed by atoms with Crippen LogP contribution in [0.25, 0.3) is 11.3 Å². The topological polar surface area (TPSA) is 130 Å². The van der Waals surface area contributed by atoms with Crippen LogP contribution in [0.5, 0.6) is 5.75 Å². The number of aliphatic imine (C=N–C) groups is 1. The molecule has 2 rings (SSSR count). The Bertz CT molecular complexity index is 715. The third-order valence-corrected chi connectivity index (χ3v) is 2.81. The summed E-state index contributed by atoms with van der Waals surface area (Å²) >= 11 is 0. The number of furan rings is 1. The zero-order valence-corrected chi connectivity index (χ0v) is 11.7. The second-order valence-electron chi connectivity index (χ2n) is 4.44. The second-order valence-corrected chi connectivity index (χ2v) is 4.44. The van der Waals surface area contributed by atoms with E-state index in [1.54, 1.807) is 13.2 Å². The van der Waals surface area contributed by atoms with E-state index in [4.69, 9.17) is 26.4 Å². The average molecular weight is 288 g/mol. The van der Waals surface area contributed by atoms with Crippen LogP contribution >= 0.6 is 0 Å². The van der Waals surface area contributed by atoms with Gasteiger partial charge in [-0.05, 0) is 19.1 Å². The van der Waals surface area contributed by atoms with Crippen molar-refractivity contribution in [1.82, 2.24) is 0 Å². The maximum absolute atomic E-state index is 11.8. The lowest BCUT2D eigenvalue weighted by Crippen LogP contribution is -2.24. The summed E-state index contributed by atoms with van der Waals surface area (Å²) in [5.41, 5.74) is 18.0. The van der Waals surface area contributed by atoms with E-state index >= 15 is 0 Å². The van der Waals surface area contributed by atoms with E-state index in [0.717, 1.165) is 5.56 Å². The fourth-order valence-corrected chi connectivity index (χ4v) is 1.89. The van der Waals surface area contributed by atoms with Crippen molar-refractivity contribution >= 4 is 17.6 Å². The van der Waals surface area contributed by atoms with Gasteiger partial charge in [-0.3, -0.25) is 4.79 Å². The number of methoxy groups -OCH3 is 1. The van der Waals surface area contributed by atoms with Crippen molar-refractivity contribution in [3.63, 3.8) is 0 Å². The van der Waals surface area contributed by atoms with Crippen molar-refractivity contribution in [2.75, 3.05) is 12.8 Å². The molecule has 7 nitrogen and oxygen atoms in total. The molecule has 0 saturated heterocycles. The van der Waals surface area contributed by atoms with Crippen molar-refractivity contribution in [2.24, 2.45) is 16.5 Å². The average Bonchev–Trinajstić information content (AvgIpc) is 2.80. The molecule has 1 amide bonds. The number of nitrogen functional groups attached to an aromatic ring is 1. The number of ether oxygens (including phenoxy) is 1. The van der Waals surface area contributed by atoms with Gasteiger partial charge in [-0.1, -0.05) is 11.6 Å². The Balaban J connectivity index is 2.50. The first kappa shape index (κ1) is 14.4. The van der Waals surface area contributed by atoms with Crippen LogP contribution in [0.1, 0.15) is 16.1 Å². The van der Waals surface area contributed by atoms with Gasteiger partial charge in [-0.2, -0.15) is 4.99 Å². The quantitative estimate of drug-likeness (QED) is 0.575. The van der Waals surface area contributed by atoms with E-state index in [1.807, 2.05) is 19.1 Å².